The monoisotopic (exact) mass is 566 g/mol. The molecule has 0 unspecified atom stereocenters. The van der Waals surface area contributed by atoms with Crippen molar-refractivity contribution < 1.29 is 26.0 Å². The van der Waals surface area contributed by atoms with E-state index in [4.69, 9.17) is 0 Å². The van der Waals surface area contributed by atoms with Crippen molar-refractivity contribution in [2.24, 2.45) is 0 Å². The van der Waals surface area contributed by atoms with E-state index in [0.717, 1.165) is 5.56 Å². The van der Waals surface area contributed by atoms with Crippen LogP contribution in [0.3, 0.4) is 0 Å². The number of anilines is 3. The fourth-order valence-corrected chi connectivity index (χ4v) is 5.53. The van der Waals surface area contributed by atoms with Crippen molar-refractivity contribution in [3.63, 3.8) is 0 Å². The summed E-state index contributed by atoms with van der Waals surface area (Å²) < 4.78 is 78.5. The highest BCUT2D eigenvalue weighted by Gasteiger charge is 2.28. The Morgan fingerprint density at radius 2 is 1.67 bits per heavy atom. The number of likely N-dealkylation sites (tertiary alicyclic amines) is 1. The van der Waals surface area contributed by atoms with Crippen LogP contribution in [0.1, 0.15) is 31.2 Å². The van der Waals surface area contributed by atoms with Crippen molar-refractivity contribution in [3.8, 4) is 0 Å². The Balaban J connectivity index is 1.24. The summed E-state index contributed by atoms with van der Waals surface area (Å²) in [6, 6.07) is 13.8. The van der Waals surface area contributed by atoms with Gasteiger partial charge in [-0.25, -0.2) is 22.5 Å². The second-order valence-corrected chi connectivity index (χ2v) is 11.1. The molecule has 0 spiro atoms. The van der Waals surface area contributed by atoms with Crippen molar-refractivity contribution in [1.82, 2.24) is 19.6 Å². The predicted molar refractivity (Wildman–Crippen MR) is 141 cm³/mol. The third-order valence-electron chi connectivity index (χ3n) is 6.30. The molecule has 0 atom stereocenters. The largest absolute Gasteiger partial charge is 0.389 e. The molecule has 2 aromatic carbocycles. The zero-order valence-corrected chi connectivity index (χ0v) is 21.9. The molecule has 39 heavy (non-hydrogen) atoms. The summed E-state index contributed by atoms with van der Waals surface area (Å²) >= 11 is 0. The van der Waals surface area contributed by atoms with E-state index < -0.39 is 22.6 Å². The molecule has 1 fully saturated rings. The number of hydrogen-bond donors (Lipinski definition) is 3. The number of rotatable bonds is 11. The summed E-state index contributed by atoms with van der Waals surface area (Å²) in [5, 5.41) is 6.16. The normalized spacial score (nSPS) is 15.3. The van der Waals surface area contributed by atoms with Gasteiger partial charge < -0.3 is 15.5 Å². The van der Waals surface area contributed by atoms with Crippen LogP contribution in [0.15, 0.2) is 65.7 Å². The Hall–Kier alpha value is -3.29. The SMILES string of the molecule is O=S(=O)(NC1CCN(CCCC(F)(F)F)CC1)c1ccc(CNc2nccc(Nc3ccc(F)cc3)n2)cc1. The van der Waals surface area contributed by atoms with Crippen LogP contribution < -0.4 is 15.4 Å². The molecular weight excluding hydrogens is 536 g/mol. The Labute approximate surface area is 224 Å². The van der Waals surface area contributed by atoms with Crippen LogP contribution in [0, 0.1) is 5.82 Å². The van der Waals surface area contributed by atoms with Crippen LogP contribution in [-0.2, 0) is 16.6 Å². The lowest BCUT2D eigenvalue weighted by Crippen LogP contribution is -2.44. The number of benzene rings is 2. The van der Waals surface area contributed by atoms with Crippen LogP contribution in [0.2, 0.25) is 0 Å². The average molecular weight is 567 g/mol. The number of halogens is 4. The number of aromatic nitrogens is 2. The van der Waals surface area contributed by atoms with Gasteiger partial charge in [-0.2, -0.15) is 18.2 Å². The molecule has 0 aliphatic carbocycles. The molecule has 1 saturated heterocycles. The maximum absolute atomic E-state index is 13.1. The molecule has 0 radical (unpaired) electrons. The summed E-state index contributed by atoms with van der Waals surface area (Å²) in [6.07, 6.45) is -2.24. The minimum Gasteiger partial charge on any atom is -0.350 e. The highest BCUT2D eigenvalue weighted by Crippen LogP contribution is 2.23. The minimum atomic E-state index is -4.15. The van der Waals surface area contributed by atoms with Crippen LogP contribution in [0.25, 0.3) is 0 Å². The summed E-state index contributed by atoms with van der Waals surface area (Å²) in [4.78, 5) is 10.6. The molecule has 1 aliphatic heterocycles. The van der Waals surface area contributed by atoms with Crippen molar-refractivity contribution >= 4 is 27.5 Å². The summed E-state index contributed by atoms with van der Waals surface area (Å²) in [6.45, 7) is 1.83. The van der Waals surface area contributed by atoms with Gasteiger partial charge in [0, 0.05) is 30.9 Å². The number of piperidine rings is 1. The lowest BCUT2D eigenvalue weighted by atomic mass is 10.1. The van der Waals surface area contributed by atoms with Gasteiger partial charge in [-0.1, -0.05) is 12.1 Å². The van der Waals surface area contributed by atoms with Crippen LogP contribution in [0.4, 0.5) is 35.0 Å². The molecule has 210 valence electrons. The molecule has 1 aliphatic rings. The van der Waals surface area contributed by atoms with E-state index in [-0.39, 0.29) is 23.2 Å². The zero-order chi connectivity index (χ0) is 27.9. The predicted octanol–water partition coefficient (Wildman–Crippen LogP) is 5.06. The van der Waals surface area contributed by atoms with Crippen molar-refractivity contribution in [1.29, 1.82) is 0 Å². The van der Waals surface area contributed by atoms with E-state index in [9.17, 15) is 26.0 Å². The second kappa shape index (κ2) is 12.7. The topological polar surface area (TPSA) is 99.3 Å². The molecule has 0 saturated carbocycles. The van der Waals surface area contributed by atoms with Gasteiger partial charge in [0.05, 0.1) is 4.90 Å². The molecule has 1 aromatic heterocycles. The minimum absolute atomic E-state index is 0.0472. The maximum atomic E-state index is 13.1. The third-order valence-corrected chi connectivity index (χ3v) is 7.84. The first-order valence-corrected chi connectivity index (χ1v) is 14.0. The summed E-state index contributed by atoms with van der Waals surface area (Å²) in [5.74, 6) is 0.561. The molecule has 2 heterocycles. The average Bonchev–Trinajstić information content (AvgIpc) is 2.89. The third kappa shape index (κ3) is 9.15. The molecular formula is C26H30F4N6O2S. The second-order valence-electron chi connectivity index (χ2n) is 9.35. The van der Waals surface area contributed by atoms with E-state index >= 15 is 0 Å². The van der Waals surface area contributed by atoms with E-state index in [1.54, 1.807) is 36.5 Å². The zero-order valence-electron chi connectivity index (χ0n) is 21.1. The lowest BCUT2D eigenvalue weighted by molar-refractivity contribution is -0.136. The Morgan fingerprint density at radius 3 is 2.33 bits per heavy atom. The number of hydrogen-bond acceptors (Lipinski definition) is 7. The maximum Gasteiger partial charge on any atom is 0.389 e. The van der Waals surface area contributed by atoms with E-state index in [1.165, 1.54) is 24.3 Å². The summed E-state index contributed by atoms with van der Waals surface area (Å²) in [7, 11) is -3.73. The molecule has 0 bridgehead atoms. The molecule has 3 aromatic rings. The standard InChI is InChI=1S/C26H30F4N6O2S/c27-20-4-6-21(7-5-20)33-24-10-14-31-25(34-24)32-18-19-2-8-23(9-3-19)39(37,38)35-22-11-16-36(17-12-22)15-1-13-26(28,29)30/h2-10,14,22,35H,1,11-13,15-18H2,(H2,31,32,33,34). The number of nitrogens with zero attached hydrogens (tertiary/aromatic N) is 3. The van der Waals surface area contributed by atoms with Crippen molar-refractivity contribution in [3.05, 3.63) is 72.2 Å². The Bertz CT molecular complexity index is 1310. The van der Waals surface area contributed by atoms with Crippen LogP contribution in [0.5, 0.6) is 0 Å². The quantitative estimate of drug-likeness (QED) is 0.279. The molecule has 13 heteroatoms. The first kappa shape index (κ1) is 28.7. The van der Waals surface area contributed by atoms with Crippen molar-refractivity contribution in [2.45, 2.75) is 49.3 Å². The van der Waals surface area contributed by atoms with Gasteiger partial charge >= 0.3 is 6.18 Å². The Kier molecular flexibility index (Phi) is 9.36. The van der Waals surface area contributed by atoms with E-state index in [1.807, 2.05) is 4.90 Å². The van der Waals surface area contributed by atoms with E-state index in [2.05, 4.69) is 25.3 Å². The van der Waals surface area contributed by atoms with E-state index in [0.29, 0.717) is 56.5 Å². The summed E-state index contributed by atoms with van der Waals surface area (Å²) in [5.41, 5.74) is 1.50. The van der Waals surface area contributed by atoms with Gasteiger partial charge in [0.15, 0.2) is 0 Å². The first-order chi connectivity index (χ1) is 18.6. The lowest BCUT2D eigenvalue weighted by Gasteiger charge is -2.32. The van der Waals surface area contributed by atoms with Crippen molar-refractivity contribution in [2.75, 3.05) is 30.3 Å². The Morgan fingerprint density at radius 1 is 0.974 bits per heavy atom. The smallest absolute Gasteiger partial charge is 0.350 e. The van der Waals surface area contributed by atoms with Gasteiger partial charge in [0.2, 0.25) is 16.0 Å². The number of sulfonamides is 1. The fourth-order valence-electron chi connectivity index (χ4n) is 4.23. The fraction of sp³-hybridized carbons (Fsp3) is 0.385. The van der Waals surface area contributed by atoms with Crippen LogP contribution in [-0.4, -0.2) is 55.1 Å². The van der Waals surface area contributed by atoms with Crippen LogP contribution >= 0.6 is 0 Å². The molecule has 0 amide bonds. The van der Waals surface area contributed by atoms with Gasteiger partial charge in [0.1, 0.15) is 11.6 Å². The number of alkyl halides is 3. The molecule has 8 nitrogen and oxygen atoms in total. The number of nitrogens with one attached hydrogen (secondary N) is 3. The van der Waals surface area contributed by atoms with Gasteiger partial charge in [-0.05, 0) is 86.9 Å². The highest BCUT2D eigenvalue weighted by molar-refractivity contribution is 7.89. The van der Waals surface area contributed by atoms with Gasteiger partial charge in [-0.3, -0.25) is 0 Å². The first-order valence-electron chi connectivity index (χ1n) is 12.6. The molecule has 3 N–H and O–H groups in total. The van der Waals surface area contributed by atoms with Gasteiger partial charge in [-0.15, -0.1) is 0 Å². The van der Waals surface area contributed by atoms with Gasteiger partial charge in [0.25, 0.3) is 0 Å². The molecule has 4 rings (SSSR count). The highest BCUT2D eigenvalue weighted by atomic mass is 32.2.